The number of carbonyl (C=O) groups excluding carboxylic acids is 3. The predicted molar refractivity (Wildman–Crippen MR) is 111 cm³/mol. The number of benzene rings is 1. The molecule has 3 amide bonds. The highest BCUT2D eigenvalue weighted by Crippen LogP contribution is 2.27. The lowest BCUT2D eigenvalue weighted by atomic mass is 10.2. The van der Waals surface area contributed by atoms with E-state index in [1.54, 1.807) is 16.5 Å². The average Bonchev–Trinajstić information content (AvgIpc) is 3.50. The van der Waals surface area contributed by atoms with Crippen LogP contribution in [-0.4, -0.2) is 51.5 Å². The van der Waals surface area contributed by atoms with Crippen molar-refractivity contribution < 1.29 is 14.4 Å². The Morgan fingerprint density at radius 2 is 1.97 bits per heavy atom. The molecule has 2 N–H and O–H groups in total. The molecule has 1 fully saturated rings. The fourth-order valence-corrected chi connectivity index (χ4v) is 3.56. The number of amides is 3. The smallest absolute Gasteiger partial charge is 0.272 e. The normalized spacial score (nSPS) is 17.1. The Morgan fingerprint density at radius 3 is 2.70 bits per heavy atom. The maximum atomic E-state index is 13.0. The van der Waals surface area contributed by atoms with Crippen molar-refractivity contribution in [3.63, 3.8) is 0 Å². The first kappa shape index (κ1) is 20.1. The maximum Gasteiger partial charge on any atom is 0.272 e. The lowest BCUT2D eigenvalue weighted by molar-refractivity contribution is -0.122. The van der Waals surface area contributed by atoms with Crippen LogP contribution in [0.1, 0.15) is 52.7 Å². The van der Waals surface area contributed by atoms with E-state index < -0.39 is 11.9 Å². The average molecular weight is 409 g/mol. The number of hydrogen-bond acceptors (Lipinski definition) is 4. The Morgan fingerprint density at radius 1 is 1.20 bits per heavy atom. The van der Waals surface area contributed by atoms with Gasteiger partial charge in [0.15, 0.2) is 5.69 Å². The molecule has 158 valence electrons. The van der Waals surface area contributed by atoms with Crippen LogP contribution >= 0.6 is 0 Å². The topological polar surface area (TPSA) is 96.3 Å². The maximum absolute atomic E-state index is 13.0. The van der Waals surface area contributed by atoms with Gasteiger partial charge in [-0.1, -0.05) is 30.3 Å². The van der Waals surface area contributed by atoms with Crippen molar-refractivity contribution in [2.45, 2.75) is 45.3 Å². The van der Waals surface area contributed by atoms with Gasteiger partial charge < -0.3 is 15.5 Å². The van der Waals surface area contributed by atoms with Gasteiger partial charge in [-0.15, -0.1) is 0 Å². The Bertz CT molecular complexity index is 936. The molecule has 0 radical (unpaired) electrons. The molecule has 1 saturated carbocycles. The van der Waals surface area contributed by atoms with Crippen LogP contribution in [0.2, 0.25) is 0 Å². The molecule has 30 heavy (non-hydrogen) atoms. The number of rotatable bonds is 7. The molecule has 1 atom stereocenters. The van der Waals surface area contributed by atoms with Gasteiger partial charge in [0.1, 0.15) is 11.7 Å². The third-order valence-electron chi connectivity index (χ3n) is 5.54. The number of aromatic nitrogens is 2. The lowest BCUT2D eigenvalue weighted by Crippen LogP contribution is -2.45. The molecular weight excluding hydrogens is 382 g/mol. The molecule has 8 nitrogen and oxygen atoms in total. The van der Waals surface area contributed by atoms with Crippen LogP contribution in [0.25, 0.3) is 0 Å². The summed E-state index contributed by atoms with van der Waals surface area (Å²) in [6, 6.07) is 10.7. The molecule has 2 aliphatic rings. The van der Waals surface area contributed by atoms with E-state index in [0.29, 0.717) is 37.8 Å². The summed E-state index contributed by atoms with van der Waals surface area (Å²) in [5, 5.41) is 9.86. The summed E-state index contributed by atoms with van der Waals surface area (Å²) < 4.78 is 1.60. The molecule has 2 aromatic rings. The molecule has 0 bridgehead atoms. The van der Waals surface area contributed by atoms with E-state index in [1.165, 1.54) is 6.07 Å². The molecule has 2 heterocycles. The summed E-state index contributed by atoms with van der Waals surface area (Å²) in [5.74, 6) is -0.225. The van der Waals surface area contributed by atoms with E-state index in [1.807, 2.05) is 30.3 Å². The molecular formula is C22H27N5O3. The van der Waals surface area contributed by atoms with Gasteiger partial charge >= 0.3 is 0 Å². The van der Waals surface area contributed by atoms with Crippen molar-refractivity contribution in [1.82, 2.24) is 25.3 Å². The van der Waals surface area contributed by atoms with Gasteiger partial charge in [-0.2, -0.15) is 5.10 Å². The molecule has 1 aromatic heterocycles. The second kappa shape index (κ2) is 8.69. The van der Waals surface area contributed by atoms with Crippen molar-refractivity contribution in [3.05, 3.63) is 53.3 Å². The highest BCUT2D eigenvalue weighted by atomic mass is 16.2. The van der Waals surface area contributed by atoms with Gasteiger partial charge in [-0.3, -0.25) is 19.1 Å². The zero-order chi connectivity index (χ0) is 21.1. The van der Waals surface area contributed by atoms with E-state index in [0.717, 1.165) is 24.8 Å². The molecule has 1 aliphatic heterocycles. The SMILES string of the molecule is CC(NC(=O)c1cc2n(n1)CCCN(Cc1ccccc1)C2=O)C(=O)NCC1CC1. The standard InChI is InChI=1S/C22H27N5O3/c1-15(20(28)23-13-16-8-9-16)24-21(29)18-12-19-22(30)26(10-5-11-27(19)25-18)14-17-6-3-2-4-7-17/h2-4,6-7,12,15-16H,5,8-11,13-14H2,1H3,(H,23,28)(H,24,29). The fourth-order valence-electron chi connectivity index (χ4n) is 3.56. The van der Waals surface area contributed by atoms with Crippen molar-refractivity contribution in [1.29, 1.82) is 0 Å². The number of hydrogen-bond donors (Lipinski definition) is 2. The van der Waals surface area contributed by atoms with Crippen molar-refractivity contribution in [2.75, 3.05) is 13.1 Å². The molecule has 1 aromatic carbocycles. The summed E-state index contributed by atoms with van der Waals surface area (Å²) in [4.78, 5) is 39.6. The van der Waals surface area contributed by atoms with Crippen molar-refractivity contribution >= 4 is 17.7 Å². The minimum atomic E-state index is -0.664. The van der Waals surface area contributed by atoms with Crippen molar-refractivity contribution in [3.8, 4) is 0 Å². The second-order valence-corrected chi connectivity index (χ2v) is 8.09. The minimum Gasteiger partial charge on any atom is -0.354 e. The Balaban J connectivity index is 1.41. The monoisotopic (exact) mass is 409 g/mol. The molecule has 0 spiro atoms. The highest BCUT2D eigenvalue weighted by molar-refractivity contribution is 5.99. The number of nitrogens with zero attached hydrogens (tertiary/aromatic N) is 3. The Hall–Kier alpha value is -3.16. The largest absolute Gasteiger partial charge is 0.354 e. The first-order valence-corrected chi connectivity index (χ1v) is 10.5. The van der Waals surface area contributed by atoms with E-state index in [-0.39, 0.29) is 17.5 Å². The van der Waals surface area contributed by atoms with E-state index >= 15 is 0 Å². The van der Waals surface area contributed by atoms with Gasteiger partial charge in [-0.25, -0.2) is 0 Å². The van der Waals surface area contributed by atoms with Gasteiger partial charge in [0.25, 0.3) is 11.8 Å². The lowest BCUT2D eigenvalue weighted by Gasteiger charge is -2.20. The summed E-state index contributed by atoms with van der Waals surface area (Å²) >= 11 is 0. The molecule has 4 rings (SSSR count). The summed E-state index contributed by atoms with van der Waals surface area (Å²) in [6.07, 6.45) is 3.06. The quantitative estimate of drug-likeness (QED) is 0.726. The minimum absolute atomic E-state index is 0.141. The van der Waals surface area contributed by atoms with Gasteiger partial charge in [0.2, 0.25) is 5.91 Å². The van der Waals surface area contributed by atoms with Crippen LogP contribution in [0, 0.1) is 5.92 Å². The number of carbonyl (C=O) groups is 3. The number of nitrogens with one attached hydrogen (secondary N) is 2. The van der Waals surface area contributed by atoms with E-state index in [9.17, 15) is 14.4 Å². The highest BCUT2D eigenvalue weighted by Gasteiger charge is 2.28. The number of aryl methyl sites for hydroxylation is 1. The van der Waals surface area contributed by atoms with Crippen LogP contribution in [0.5, 0.6) is 0 Å². The molecule has 0 saturated heterocycles. The van der Waals surface area contributed by atoms with Crippen molar-refractivity contribution in [2.24, 2.45) is 5.92 Å². The van der Waals surface area contributed by atoms with E-state index in [4.69, 9.17) is 0 Å². The van der Waals surface area contributed by atoms with Crippen LogP contribution < -0.4 is 10.6 Å². The zero-order valence-electron chi connectivity index (χ0n) is 17.1. The zero-order valence-corrected chi connectivity index (χ0v) is 17.1. The summed E-state index contributed by atoms with van der Waals surface area (Å²) in [6.45, 7) is 4.02. The Labute approximate surface area is 175 Å². The molecule has 1 aliphatic carbocycles. The molecule has 8 heteroatoms. The fraction of sp³-hybridized carbons (Fsp3) is 0.455. The van der Waals surface area contributed by atoms with Gasteiger partial charge in [-0.05, 0) is 37.7 Å². The van der Waals surface area contributed by atoms with Crippen LogP contribution in [0.4, 0.5) is 0 Å². The molecule has 1 unspecified atom stereocenters. The van der Waals surface area contributed by atoms with Crippen LogP contribution in [0.3, 0.4) is 0 Å². The second-order valence-electron chi connectivity index (χ2n) is 8.09. The first-order valence-electron chi connectivity index (χ1n) is 10.5. The van der Waals surface area contributed by atoms with Crippen LogP contribution in [-0.2, 0) is 17.9 Å². The predicted octanol–water partition coefficient (Wildman–Crippen LogP) is 1.57. The number of fused-ring (bicyclic) bond motifs is 1. The first-order chi connectivity index (χ1) is 14.5. The van der Waals surface area contributed by atoms with E-state index in [2.05, 4.69) is 15.7 Å². The van der Waals surface area contributed by atoms with Gasteiger partial charge in [0, 0.05) is 32.2 Å². The third kappa shape index (κ3) is 4.69. The summed E-state index contributed by atoms with van der Waals surface area (Å²) in [7, 11) is 0. The van der Waals surface area contributed by atoms with Crippen LogP contribution in [0.15, 0.2) is 36.4 Å². The Kier molecular flexibility index (Phi) is 5.83. The summed E-state index contributed by atoms with van der Waals surface area (Å²) in [5.41, 5.74) is 1.61. The third-order valence-corrected chi connectivity index (χ3v) is 5.54. The van der Waals surface area contributed by atoms with Gasteiger partial charge in [0.05, 0.1) is 0 Å².